The van der Waals surface area contributed by atoms with Crippen LogP contribution < -0.4 is 5.48 Å². The average Bonchev–Trinajstić information content (AvgIpc) is 2.61. The van der Waals surface area contributed by atoms with Crippen molar-refractivity contribution in [2.75, 3.05) is 39.5 Å². The predicted molar refractivity (Wildman–Crippen MR) is 86.2 cm³/mol. The number of carbonyl (C=O) groups excluding carboxylic acids is 1. The van der Waals surface area contributed by atoms with Crippen LogP contribution in [-0.4, -0.2) is 61.7 Å². The van der Waals surface area contributed by atoms with E-state index in [1.54, 1.807) is 12.3 Å². The Balaban J connectivity index is 1.70. The van der Waals surface area contributed by atoms with E-state index >= 15 is 0 Å². The standard InChI is InChI=1S/C16H21N3O4/c20-16(18-21)6-5-14-1-3-15(4-2-14)13-17-23-12-9-19-7-10-22-11-8-19/h1-6,13,21H,7-12H2,(H,18,20). The van der Waals surface area contributed by atoms with Gasteiger partial charge in [0, 0.05) is 25.7 Å². The van der Waals surface area contributed by atoms with Crippen LogP contribution in [0.1, 0.15) is 11.1 Å². The Hall–Kier alpha value is -2.22. The van der Waals surface area contributed by atoms with Gasteiger partial charge >= 0.3 is 0 Å². The second kappa shape index (κ2) is 9.73. The summed E-state index contributed by atoms with van der Waals surface area (Å²) >= 11 is 0. The molecule has 1 aromatic rings. The van der Waals surface area contributed by atoms with E-state index in [9.17, 15) is 4.79 Å². The zero-order valence-electron chi connectivity index (χ0n) is 12.9. The van der Waals surface area contributed by atoms with Crippen LogP contribution in [0.3, 0.4) is 0 Å². The minimum atomic E-state index is -0.565. The average molecular weight is 319 g/mol. The monoisotopic (exact) mass is 319 g/mol. The minimum Gasteiger partial charge on any atom is -0.394 e. The van der Waals surface area contributed by atoms with Crippen molar-refractivity contribution in [3.05, 3.63) is 41.5 Å². The number of oxime groups is 1. The first-order valence-electron chi connectivity index (χ1n) is 7.45. The Morgan fingerprint density at radius 3 is 2.70 bits per heavy atom. The third-order valence-electron chi connectivity index (χ3n) is 3.35. The lowest BCUT2D eigenvalue weighted by atomic mass is 10.1. The van der Waals surface area contributed by atoms with Gasteiger partial charge in [-0.15, -0.1) is 0 Å². The van der Waals surface area contributed by atoms with E-state index in [1.165, 1.54) is 11.6 Å². The molecule has 0 bridgehead atoms. The van der Waals surface area contributed by atoms with Crippen molar-refractivity contribution >= 4 is 18.2 Å². The Labute approximate surface area is 135 Å². The fraction of sp³-hybridized carbons (Fsp3) is 0.375. The summed E-state index contributed by atoms with van der Waals surface area (Å²) in [6, 6.07) is 7.42. The number of ether oxygens (including phenoxy) is 1. The predicted octanol–water partition coefficient (Wildman–Crippen LogP) is 0.888. The second-order valence-corrected chi connectivity index (χ2v) is 5.00. The van der Waals surface area contributed by atoms with Crippen LogP contribution in [0.5, 0.6) is 0 Å². The lowest BCUT2D eigenvalue weighted by Gasteiger charge is -2.25. The number of carbonyl (C=O) groups is 1. The van der Waals surface area contributed by atoms with Crippen LogP contribution in [0, 0.1) is 0 Å². The van der Waals surface area contributed by atoms with E-state index in [0.717, 1.165) is 44.0 Å². The summed E-state index contributed by atoms with van der Waals surface area (Å²) in [4.78, 5) is 18.4. The molecule has 1 saturated heterocycles. The summed E-state index contributed by atoms with van der Waals surface area (Å²) in [6.07, 6.45) is 4.50. The number of amides is 1. The van der Waals surface area contributed by atoms with Crippen LogP contribution in [0.2, 0.25) is 0 Å². The number of hydrogen-bond donors (Lipinski definition) is 2. The summed E-state index contributed by atoms with van der Waals surface area (Å²) in [7, 11) is 0. The number of hydroxylamine groups is 1. The van der Waals surface area contributed by atoms with Gasteiger partial charge in [-0.05, 0) is 17.2 Å². The summed E-state index contributed by atoms with van der Waals surface area (Å²) in [5.41, 5.74) is 3.29. The van der Waals surface area contributed by atoms with Crippen molar-refractivity contribution in [2.24, 2.45) is 5.16 Å². The van der Waals surface area contributed by atoms with Gasteiger partial charge in [0.05, 0.1) is 19.4 Å². The molecule has 0 atom stereocenters. The topological polar surface area (TPSA) is 83.4 Å². The van der Waals surface area contributed by atoms with Crippen LogP contribution in [0.4, 0.5) is 0 Å². The van der Waals surface area contributed by atoms with Gasteiger partial charge in [-0.1, -0.05) is 29.4 Å². The van der Waals surface area contributed by atoms with E-state index in [4.69, 9.17) is 14.8 Å². The second-order valence-electron chi connectivity index (χ2n) is 5.00. The maximum atomic E-state index is 10.9. The van der Waals surface area contributed by atoms with Crippen LogP contribution in [0.15, 0.2) is 35.5 Å². The first-order valence-corrected chi connectivity index (χ1v) is 7.45. The third-order valence-corrected chi connectivity index (χ3v) is 3.35. The number of nitrogens with zero attached hydrogens (tertiary/aromatic N) is 2. The molecule has 1 heterocycles. The first kappa shape index (κ1) is 17.1. The minimum absolute atomic E-state index is 0.549. The van der Waals surface area contributed by atoms with Gasteiger partial charge in [0.1, 0.15) is 6.61 Å². The Kier molecular flexibility index (Phi) is 7.25. The van der Waals surface area contributed by atoms with Gasteiger partial charge in [0.15, 0.2) is 0 Å². The third kappa shape index (κ3) is 6.60. The van der Waals surface area contributed by atoms with E-state index in [2.05, 4.69) is 10.1 Å². The van der Waals surface area contributed by atoms with Gasteiger partial charge < -0.3 is 9.57 Å². The summed E-state index contributed by atoms with van der Waals surface area (Å²) in [5.74, 6) is -0.565. The highest BCUT2D eigenvalue weighted by molar-refractivity contribution is 5.91. The first-order chi connectivity index (χ1) is 11.3. The smallest absolute Gasteiger partial charge is 0.267 e. The maximum absolute atomic E-state index is 10.9. The molecule has 0 radical (unpaired) electrons. The molecule has 1 aliphatic heterocycles. The maximum Gasteiger partial charge on any atom is 0.267 e. The number of hydrogen-bond acceptors (Lipinski definition) is 6. The van der Waals surface area contributed by atoms with E-state index in [1.807, 2.05) is 24.3 Å². The zero-order valence-corrected chi connectivity index (χ0v) is 12.9. The van der Waals surface area contributed by atoms with Crippen molar-refractivity contribution in [1.29, 1.82) is 0 Å². The highest BCUT2D eigenvalue weighted by Crippen LogP contribution is 2.05. The molecule has 1 aromatic carbocycles. The summed E-state index contributed by atoms with van der Waals surface area (Å²) in [5, 5.41) is 12.3. The van der Waals surface area contributed by atoms with Gasteiger partial charge in [-0.2, -0.15) is 0 Å². The molecule has 0 spiro atoms. The van der Waals surface area contributed by atoms with E-state index in [-0.39, 0.29) is 0 Å². The van der Waals surface area contributed by atoms with Crippen molar-refractivity contribution < 1.29 is 19.6 Å². The molecule has 7 heteroatoms. The lowest BCUT2D eigenvalue weighted by Crippen LogP contribution is -2.38. The lowest BCUT2D eigenvalue weighted by molar-refractivity contribution is -0.124. The molecule has 1 fully saturated rings. The number of benzene rings is 1. The molecule has 7 nitrogen and oxygen atoms in total. The molecule has 0 aliphatic carbocycles. The van der Waals surface area contributed by atoms with Crippen molar-refractivity contribution in [2.45, 2.75) is 0 Å². The largest absolute Gasteiger partial charge is 0.394 e. The molecular formula is C16H21N3O4. The van der Waals surface area contributed by atoms with Crippen LogP contribution in [0.25, 0.3) is 6.08 Å². The Morgan fingerprint density at radius 2 is 2.00 bits per heavy atom. The molecule has 23 heavy (non-hydrogen) atoms. The zero-order chi connectivity index (χ0) is 16.3. The highest BCUT2D eigenvalue weighted by Gasteiger charge is 2.09. The van der Waals surface area contributed by atoms with Gasteiger partial charge in [0.2, 0.25) is 0 Å². The van der Waals surface area contributed by atoms with Gasteiger partial charge in [-0.3, -0.25) is 14.9 Å². The number of rotatable bonds is 7. The fourth-order valence-corrected chi connectivity index (χ4v) is 2.05. The molecule has 0 unspecified atom stereocenters. The molecule has 2 rings (SSSR count). The SMILES string of the molecule is O=C(C=Cc1ccc(C=NOCCN2CCOCC2)cc1)NO. The fourth-order valence-electron chi connectivity index (χ4n) is 2.05. The van der Waals surface area contributed by atoms with Gasteiger partial charge in [-0.25, -0.2) is 5.48 Å². The Morgan fingerprint density at radius 1 is 1.30 bits per heavy atom. The molecule has 0 aromatic heterocycles. The van der Waals surface area contributed by atoms with E-state index in [0.29, 0.717) is 6.61 Å². The highest BCUT2D eigenvalue weighted by atomic mass is 16.6. The summed E-state index contributed by atoms with van der Waals surface area (Å²) in [6.45, 7) is 4.84. The molecule has 124 valence electrons. The molecule has 0 saturated carbocycles. The quantitative estimate of drug-likeness (QED) is 0.256. The Bertz CT molecular complexity index is 537. The molecule has 1 amide bonds. The summed E-state index contributed by atoms with van der Waals surface area (Å²) < 4.78 is 5.28. The van der Waals surface area contributed by atoms with Crippen molar-refractivity contribution in [3.63, 3.8) is 0 Å². The van der Waals surface area contributed by atoms with Crippen LogP contribution in [-0.2, 0) is 14.4 Å². The molecule has 2 N–H and O–H groups in total. The van der Waals surface area contributed by atoms with Gasteiger partial charge in [0.25, 0.3) is 5.91 Å². The normalized spacial score (nSPS) is 16.0. The number of morpholine rings is 1. The van der Waals surface area contributed by atoms with Crippen LogP contribution >= 0.6 is 0 Å². The van der Waals surface area contributed by atoms with E-state index < -0.39 is 5.91 Å². The van der Waals surface area contributed by atoms with Crippen molar-refractivity contribution in [3.8, 4) is 0 Å². The molecular weight excluding hydrogens is 298 g/mol. The van der Waals surface area contributed by atoms with Crippen molar-refractivity contribution in [1.82, 2.24) is 10.4 Å². The number of nitrogens with one attached hydrogen (secondary N) is 1. The molecule has 1 aliphatic rings.